The number of carbonyl (C=O) groups is 2. The number of nitrogens with one attached hydrogen (secondary N) is 1. The normalized spacial score (nSPS) is 21.6. The van der Waals surface area contributed by atoms with E-state index in [2.05, 4.69) is 25.5 Å². The third-order valence-electron chi connectivity index (χ3n) is 6.64. The molecule has 1 saturated heterocycles. The molecule has 2 aliphatic rings. The van der Waals surface area contributed by atoms with E-state index in [0.717, 1.165) is 12.2 Å². The third-order valence-corrected chi connectivity index (χ3v) is 6.64. The van der Waals surface area contributed by atoms with Crippen LogP contribution in [0.1, 0.15) is 34.2 Å². The molecule has 5 heterocycles. The minimum atomic E-state index is -0.379. The molecule has 35 heavy (non-hydrogen) atoms. The van der Waals surface area contributed by atoms with Gasteiger partial charge in [0.1, 0.15) is 11.3 Å². The lowest BCUT2D eigenvalue weighted by molar-refractivity contribution is -0.122. The summed E-state index contributed by atoms with van der Waals surface area (Å²) in [6, 6.07) is 9.02. The smallest absolute Gasteiger partial charge is 0.263 e. The average molecular weight is 477 g/mol. The zero-order valence-corrected chi connectivity index (χ0v) is 19.6. The van der Waals surface area contributed by atoms with Crippen molar-refractivity contribution in [3.05, 3.63) is 76.2 Å². The summed E-state index contributed by atoms with van der Waals surface area (Å²) in [5, 5.41) is 11.6. The van der Waals surface area contributed by atoms with E-state index in [-0.39, 0.29) is 41.4 Å². The summed E-state index contributed by atoms with van der Waals surface area (Å²) in [5.74, 6) is -0.419. The standard InChI is InChI=1S/C24H28N8O3/c1-29-10-8-26-22(33)11-17-12-30(13-18-5-2-3-7-25-18)16-21(17)32-15-19(27-28-32)14-31-9-4-6-20(23(29)34)24(31)35/h2-7,9,15,17,21H,8,10-14,16H2,1H3,(H,26,33)/t17-,21+/m0/s1. The van der Waals surface area contributed by atoms with Crippen molar-refractivity contribution in [2.24, 2.45) is 5.92 Å². The minimum Gasteiger partial charge on any atom is -0.354 e. The van der Waals surface area contributed by atoms with Crippen LogP contribution in [-0.2, 0) is 17.9 Å². The molecule has 0 unspecified atom stereocenters. The Kier molecular flexibility index (Phi) is 6.41. The minimum absolute atomic E-state index is 0.0339. The first-order valence-corrected chi connectivity index (χ1v) is 11.7. The topological polar surface area (TPSA) is 118 Å². The van der Waals surface area contributed by atoms with Crippen LogP contribution in [0.4, 0.5) is 0 Å². The van der Waals surface area contributed by atoms with Gasteiger partial charge in [-0.15, -0.1) is 5.10 Å². The van der Waals surface area contributed by atoms with Gasteiger partial charge in [0.2, 0.25) is 5.91 Å². The van der Waals surface area contributed by atoms with Gasteiger partial charge < -0.3 is 14.8 Å². The largest absolute Gasteiger partial charge is 0.354 e. The second-order valence-electron chi connectivity index (χ2n) is 9.17. The van der Waals surface area contributed by atoms with Gasteiger partial charge in [-0.3, -0.25) is 24.3 Å². The Labute approximate surface area is 202 Å². The van der Waals surface area contributed by atoms with Crippen molar-refractivity contribution in [2.75, 3.05) is 33.2 Å². The molecule has 1 fully saturated rings. The van der Waals surface area contributed by atoms with Gasteiger partial charge >= 0.3 is 0 Å². The Bertz CT molecular complexity index is 1270. The molecule has 3 aromatic rings. The number of aromatic nitrogens is 5. The lowest BCUT2D eigenvalue weighted by Gasteiger charge is -2.20. The fourth-order valence-electron chi connectivity index (χ4n) is 4.82. The fourth-order valence-corrected chi connectivity index (χ4v) is 4.82. The van der Waals surface area contributed by atoms with Crippen LogP contribution in [-0.4, -0.2) is 79.4 Å². The van der Waals surface area contributed by atoms with Crippen molar-refractivity contribution in [2.45, 2.75) is 25.6 Å². The highest BCUT2D eigenvalue weighted by atomic mass is 16.2. The first kappa shape index (κ1) is 22.9. The second kappa shape index (κ2) is 9.79. The number of likely N-dealkylation sites (tertiary alicyclic amines) is 1. The maximum atomic E-state index is 13.0. The molecule has 0 spiro atoms. The Morgan fingerprint density at radius 1 is 1.11 bits per heavy atom. The molecule has 0 radical (unpaired) electrons. The molecule has 3 aromatic heterocycles. The van der Waals surface area contributed by atoms with Crippen molar-refractivity contribution in [1.82, 2.24) is 39.7 Å². The number of amides is 2. The van der Waals surface area contributed by atoms with Crippen molar-refractivity contribution >= 4 is 11.8 Å². The Morgan fingerprint density at radius 3 is 2.83 bits per heavy atom. The highest BCUT2D eigenvalue weighted by molar-refractivity contribution is 5.93. The highest BCUT2D eigenvalue weighted by Crippen LogP contribution is 2.31. The van der Waals surface area contributed by atoms with Gasteiger partial charge in [0.15, 0.2) is 0 Å². The first-order chi connectivity index (χ1) is 17.0. The van der Waals surface area contributed by atoms with E-state index in [1.165, 1.54) is 15.5 Å². The zero-order valence-electron chi connectivity index (χ0n) is 19.6. The number of carbonyl (C=O) groups excluding carboxylic acids is 2. The predicted octanol–water partition coefficient (Wildman–Crippen LogP) is 0.148. The maximum Gasteiger partial charge on any atom is 0.263 e. The summed E-state index contributed by atoms with van der Waals surface area (Å²) >= 11 is 0. The predicted molar refractivity (Wildman–Crippen MR) is 126 cm³/mol. The number of likely N-dealkylation sites (N-methyl/N-ethyl adjacent to an activating group) is 1. The quantitative estimate of drug-likeness (QED) is 0.559. The number of hydrogen-bond acceptors (Lipinski definition) is 7. The summed E-state index contributed by atoms with van der Waals surface area (Å²) in [6.45, 7) is 2.95. The summed E-state index contributed by atoms with van der Waals surface area (Å²) in [7, 11) is 1.63. The SMILES string of the molecule is CN1CCNC(=O)C[C@H]2CN(Cc3ccccn3)C[C@H]2n2cc(nn2)Cn2cccc(c2=O)C1=O. The van der Waals surface area contributed by atoms with Crippen LogP contribution in [0.2, 0.25) is 0 Å². The van der Waals surface area contributed by atoms with Crippen LogP contribution in [0.15, 0.2) is 53.7 Å². The number of hydrogen-bond donors (Lipinski definition) is 1. The first-order valence-electron chi connectivity index (χ1n) is 11.7. The van der Waals surface area contributed by atoms with E-state index >= 15 is 0 Å². The monoisotopic (exact) mass is 476 g/mol. The number of pyridine rings is 2. The van der Waals surface area contributed by atoms with Gasteiger partial charge in [-0.1, -0.05) is 11.3 Å². The molecule has 11 heteroatoms. The van der Waals surface area contributed by atoms with Crippen LogP contribution >= 0.6 is 0 Å². The van der Waals surface area contributed by atoms with Crippen molar-refractivity contribution in [1.29, 1.82) is 0 Å². The molecule has 1 N–H and O–H groups in total. The molecule has 2 aliphatic heterocycles. The van der Waals surface area contributed by atoms with E-state index in [4.69, 9.17) is 0 Å². The van der Waals surface area contributed by atoms with Crippen molar-refractivity contribution in [3.8, 4) is 0 Å². The molecule has 2 atom stereocenters. The van der Waals surface area contributed by atoms with Crippen LogP contribution in [0.5, 0.6) is 0 Å². The zero-order chi connectivity index (χ0) is 24.4. The van der Waals surface area contributed by atoms with E-state index in [1.807, 2.05) is 29.1 Å². The number of fused-ring (bicyclic) bond motifs is 6. The molecule has 4 bridgehead atoms. The molecule has 0 aromatic carbocycles. The van der Waals surface area contributed by atoms with Gasteiger partial charge in [-0.25, -0.2) is 4.68 Å². The van der Waals surface area contributed by atoms with E-state index in [9.17, 15) is 14.4 Å². The molecule has 0 aliphatic carbocycles. The van der Waals surface area contributed by atoms with Gasteiger partial charge in [0.25, 0.3) is 11.5 Å². The van der Waals surface area contributed by atoms with E-state index < -0.39 is 0 Å². The lowest BCUT2D eigenvalue weighted by Crippen LogP contribution is -2.39. The van der Waals surface area contributed by atoms with Crippen LogP contribution in [0, 0.1) is 5.92 Å². The lowest BCUT2D eigenvalue weighted by atomic mass is 9.99. The fraction of sp³-hybridized carbons (Fsp3) is 0.417. The van der Waals surface area contributed by atoms with Crippen LogP contribution in [0.25, 0.3) is 0 Å². The maximum absolute atomic E-state index is 13.0. The van der Waals surface area contributed by atoms with E-state index in [1.54, 1.807) is 25.5 Å². The summed E-state index contributed by atoms with van der Waals surface area (Å²) < 4.78 is 3.29. The Balaban J connectivity index is 1.44. The molecular formula is C24H28N8O3. The van der Waals surface area contributed by atoms with E-state index in [0.29, 0.717) is 38.3 Å². The molecule has 5 rings (SSSR count). The molecule has 11 nitrogen and oxygen atoms in total. The van der Waals surface area contributed by atoms with Gasteiger partial charge in [0.05, 0.1) is 24.5 Å². The summed E-state index contributed by atoms with van der Waals surface area (Å²) in [5.41, 5.74) is 1.29. The summed E-state index contributed by atoms with van der Waals surface area (Å²) in [4.78, 5) is 46.7. The van der Waals surface area contributed by atoms with Crippen molar-refractivity contribution < 1.29 is 9.59 Å². The molecule has 2 amide bonds. The molecule has 182 valence electrons. The highest BCUT2D eigenvalue weighted by Gasteiger charge is 2.36. The molecule has 0 saturated carbocycles. The second-order valence-corrected chi connectivity index (χ2v) is 9.17. The molecular weight excluding hydrogens is 448 g/mol. The van der Waals surface area contributed by atoms with Gasteiger partial charge in [0, 0.05) is 64.5 Å². The summed E-state index contributed by atoms with van der Waals surface area (Å²) in [6.07, 6.45) is 5.60. The number of nitrogens with zero attached hydrogens (tertiary/aromatic N) is 7. The third kappa shape index (κ3) is 4.99. The Morgan fingerprint density at radius 2 is 2.00 bits per heavy atom. The van der Waals surface area contributed by atoms with Crippen LogP contribution in [0.3, 0.4) is 0 Å². The average Bonchev–Trinajstić information content (AvgIpc) is 3.46. The van der Waals surface area contributed by atoms with Gasteiger partial charge in [-0.2, -0.15) is 0 Å². The Hall–Kier alpha value is -3.86. The van der Waals surface area contributed by atoms with Gasteiger partial charge in [-0.05, 0) is 24.3 Å². The van der Waals surface area contributed by atoms with Crippen molar-refractivity contribution in [3.63, 3.8) is 0 Å². The number of rotatable bonds is 2. The van der Waals surface area contributed by atoms with Crippen LogP contribution < -0.4 is 10.9 Å².